The highest BCUT2D eigenvalue weighted by Crippen LogP contribution is 2.16. The Morgan fingerprint density at radius 3 is 2.50 bits per heavy atom. The molecule has 2 aromatic rings. The number of aryl methyl sites for hydroxylation is 1. The molecule has 2 heterocycles. The van der Waals surface area contributed by atoms with Crippen molar-refractivity contribution in [1.29, 1.82) is 0 Å². The maximum absolute atomic E-state index is 4.44. The lowest BCUT2D eigenvalue weighted by Crippen LogP contribution is -2.19. The van der Waals surface area contributed by atoms with Gasteiger partial charge in [-0.3, -0.25) is 4.57 Å². The van der Waals surface area contributed by atoms with Crippen molar-refractivity contribution in [1.82, 2.24) is 14.5 Å². The molecule has 4 heteroatoms. The summed E-state index contributed by atoms with van der Waals surface area (Å²) in [7, 11) is 0. The van der Waals surface area contributed by atoms with Crippen LogP contribution in [0.3, 0.4) is 0 Å². The summed E-state index contributed by atoms with van der Waals surface area (Å²) in [5, 5.41) is 3.38. The molecule has 0 aromatic carbocycles. The van der Waals surface area contributed by atoms with Gasteiger partial charge in [-0.2, -0.15) is 0 Å². The largest absolute Gasteiger partial charge is 0.383 e. The quantitative estimate of drug-likeness (QED) is 0.902. The minimum atomic E-state index is 0.263. The number of pyridine rings is 1. The highest BCUT2D eigenvalue weighted by atomic mass is 15.1. The molecule has 0 saturated carbocycles. The predicted octanol–water partition coefficient (Wildman–Crippen LogP) is 3.03. The van der Waals surface area contributed by atoms with Crippen LogP contribution in [0.25, 0.3) is 5.82 Å². The number of anilines is 1. The summed E-state index contributed by atoms with van der Waals surface area (Å²) in [6.45, 7) is 9.51. The van der Waals surface area contributed by atoms with E-state index in [0.29, 0.717) is 0 Å². The average molecular weight is 244 g/mol. The summed E-state index contributed by atoms with van der Waals surface area (Å²) >= 11 is 0. The van der Waals surface area contributed by atoms with Crippen LogP contribution in [-0.4, -0.2) is 21.1 Å². The Balaban J connectivity index is 2.09. The second-order valence-corrected chi connectivity index (χ2v) is 5.66. The fraction of sp³-hybridized carbons (Fsp3) is 0.429. The Morgan fingerprint density at radius 2 is 2.00 bits per heavy atom. The van der Waals surface area contributed by atoms with Crippen LogP contribution in [0.1, 0.15) is 26.6 Å². The van der Waals surface area contributed by atoms with E-state index in [1.54, 1.807) is 6.20 Å². The molecule has 18 heavy (non-hydrogen) atoms. The van der Waals surface area contributed by atoms with E-state index in [-0.39, 0.29) is 5.41 Å². The van der Waals surface area contributed by atoms with Gasteiger partial charge in [-0.25, -0.2) is 9.97 Å². The Hall–Kier alpha value is -1.84. The Bertz CT molecular complexity index is 505. The molecule has 0 spiro atoms. The first-order valence-electron chi connectivity index (χ1n) is 6.16. The van der Waals surface area contributed by atoms with Crippen molar-refractivity contribution in [3.8, 4) is 5.82 Å². The number of hydrogen-bond acceptors (Lipinski definition) is 3. The standard InChI is InChI=1S/C14H20N4/c1-11-15-7-8-18(11)13-6-5-12(9-16-13)17-10-14(2,3)4/h5-9,17H,10H2,1-4H3. The van der Waals surface area contributed by atoms with Crippen LogP contribution in [0, 0.1) is 12.3 Å². The molecule has 0 atom stereocenters. The fourth-order valence-electron chi connectivity index (χ4n) is 1.62. The molecule has 0 aliphatic carbocycles. The molecule has 1 N–H and O–H groups in total. The summed E-state index contributed by atoms with van der Waals surface area (Å²) in [6.07, 6.45) is 5.56. The van der Waals surface area contributed by atoms with Gasteiger partial charge in [-0.15, -0.1) is 0 Å². The normalized spacial score (nSPS) is 11.6. The topological polar surface area (TPSA) is 42.7 Å². The van der Waals surface area contributed by atoms with Crippen LogP contribution in [0.2, 0.25) is 0 Å². The number of nitrogens with one attached hydrogen (secondary N) is 1. The SMILES string of the molecule is Cc1nccn1-c1ccc(NCC(C)(C)C)cn1. The van der Waals surface area contributed by atoms with Gasteiger partial charge in [-0.1, -0.05) is 20.8 Å². The lowest BCUT2D eigenvalue weighted by Gasteiger charge is -2.19. The van der Waals surface area contributed by atoms with Crippen LogP contribution in [0.4, 0.5) is 5.69 Å². The Kier molecular flexibility index (Phi) is 3.36. The van der Waals surface area contributed by atoms with E-state index in [1.165, 1.54) is 0 Å². The van der Waals surface area contributed by atoms with E-state index in [4.69, 9.17) is 0 Å². The van der Waals surface area contributed by atoms with E-state index in [9.17, 15) is 0 Å². The maximum Gasteiger partial charge on any atom is 0.138 e. The third kappa shape index (κ3) is 3.09. The number of imidazole rings is 1. The van der Waals surface area contributed by atoms with Gasteiger partial charge in [0.25, 0.3) is 0 Å². The number of aromatic nitrogens is 3. The zero-order chi connectivity index (χ0) is 13.2. The van der Waals surface area contributed by atoms with Crippen molar-refractivity contribution in [3.05, 3.63) is 36.5 Å². The molecular formula is C14H20N4. The summed E-state index contributed by atoms with van der Waals surface area (Å²) in [5.41, 5.74) is 1.31. The van der Waals surface area contributed by atoms with Gasteiger partial charge in [-0.05, 0) is 24.5 Å². The van der Waals surface area contributed by atoms with E-state index in [0.717, 1.165) is 23.9 Å². The Labute approximate surface area is 108 Å². The smallest absolute Gasteiger partial charge is 0.138 e. The van der Waals surface area contributed by atoms with Crippen LogP contribution >= 0.6 is 0 Å². The highest BCUT2D eigenvalue weighted by molar-refractivity contribution is 5.44. The Morgan fingerprint density at radius 1 is 1.22 bits per heavy atom. The molecule has 0 aliphatic heterocycles. The first kappa shape index (κ1) is 12.6. The average Bonchev–Trinajstić information content (AvgIpc) is 2.73. The zero-order valence-corrected chi connectivity index (χ0v) is 11.4. The maximum atomic E-state index is 4.44. The minimum absolute atomic E-state index is 0.263. The van der Waals surface area contributed by atoms with Gasteiger partial charge in [0.1, 0.15) is 11.6 Å². The van der Waals surface area contributed by atoms with E-state index >= 15 is 0 Å². The molecule has 96 valence electrons. The molecule has 0 bridgehead atoms. The summed E-state index contributed by atoms with van der Waals surface area (Å²) < 4.78 is 1.97. The molecule has 0 unspecified atom stereocenters. The van der Waals surface area contributed by atoms with Crippen molar-refractivity contribution >= 4 is 5.69 Å². The van der Waals surface area contributed by atoms with Crippen LogP contribution < -0.4 is 5.32 Å². The molecule has 0 fully saturated rings. The molecule has 4 nitrogen and oxygen atoms in total. The van der Waals surface area contributed by atoms with E-state index in [2.05, 4.69) is 36.1 Å². The summed E-state index contributed by atoms with van der Waals surface area (Å²) in [4.78, 5) is 8.63. The first-order valence-corrected chi connectivity index (χ1v) is 6.16. The fourth-order valence-corrected chi connectivity index (χ4v) is 1.62. The molecule has 2 rings (SSSR count). The number of nitrogens with zero attached hydrogens (tertiary/aromatic N) is 3. The van der Waals surface area contributed by atoms with Crippen LogP contribution in [0.5, 0.6) is 0 Å². The van der Waals surface area contributed by atoms with Crippen LogP contribution in [0.15, 0.2) is 30.7 Å². The lowest BCUT2D eigenvalue weighted by atomic mass is 9.97. The number of rotatable bonds is 3. The lowest BCUT2D eigenvalue weighted by molar-refractivity contribution is 0.443. The molecule has 2 aromatic heterocycles. The van der Waals surface area contributed by atoms with Crippen molar-refractivity contribution < 1.29 is 0 Å². The highest BCUT2D eigenvalue weighted by Gasteiger charge is 2.09. The second kappa shape index (κ2) is 4.80. The van der Waals surface area contributed by atoms with Crippen molar-refractivity contribution in [3.63, 3.8) is 0 Å². The van der Waals surface area contributed by atoms with Crippen molar-refractivity contribution in [2.24, 2.45) is 5.41 Å². The van der Waals surface area contributed by atoms with Gasteiger partial charge >= 0.3 is 0 Å². The van der Waals surface area contributed by atoms with E-state index < -0.39 is 0 Å². The summed E-state index contributed by atoms with van der Waals surface area (Å²) in [6, 6.07) is 4.05. The van der Waals surface area contributed by atoms with Gasteiger partial charge in [0.05, 0.1) is 11.9 Å². The molecular weight excluding hydrogens is 224 g/mol. The van der Waals surface area contributed by atoms with Crippen LogP contribution in [-0.2, 0) is 0 Å². The second-order valence-electron chi connectivity index (χ2n) is 5.66. The van der Waals surface area contributed by atoms with Gasteiger partial charge in [0, 0.05) is 18.9 Å². The first-order chi connectivity index (χ1) is 8.46. The van der Waals surface area contributed by atoms with Crippen molar-refractivity contribution in [2.45, 2.75) is 27.7 Å². The third-order valence-corrected chi connectivity index (χ3v) is 2.64. The summed E-state index contributed by atoms with van der Waals surface area (Å²) in [5.74, 6) is 1.84. The molecule has 0 amide bonds. The van der Waals surface area contributed by atoms with Gasteiger partial charge in [0.15, 0.2) is 0 Å². The van der Waals surface area contributed by atoms with E-state index in [1.807, 2.05) is 36.0 Å². The van der Waals surface area contributed by atoms with Gasteiger partial charge < -0.3 is 5.32 Å². The monoisotopic (exact) mass is 244 g/mol. The van der Waals surface area contributed by atoms with Gasteiger partial charge in [0.2, 0.25) is 0 Å². The number of hydrogen-bond donors (Lipinski definition) is 1. The predicted molar refractivity (Wildman–Crippen MR) is 74.0 cm³/mol. The zero-order valence-electron chi connectivity index (χ0n) is 11.4. The third-order valence-electron chi connectivity index (χ3n) is 2.64. The molecule has 0 radical (unpaired) electrons. The minimum Gasteiger partial charge on any atom is -0.383 e. The molecule has 0 aliphatic rings. The molecule has 0 saturated heterocycles. The van der Waals surface area contributed by atoms with Crippen molar-refractivity contribution in [2.75, 3.05) is 11.9 Å².